The van der Waals surface area contributed by atoms with Gasteiger partial charge < -0.3 is 9.11 Å². The molecule has 2 rings (SSSR count). The molecule has 8 nitrogen and oxygen atoms in total. The standard InChI is InChI=1S/C16H14N2.2CHF3O3S/c1-17-11-7-15(8-12-17)5-3-4-6-16-9-13-18(2)14-10-16;2*2-1(3,4)8(5,6)7/h7-14H,1-2H3;2*(H,5,6,7)/q+2;;/p-2. The minimum Gasteiger partial charge on any atom is -0.741 e. The molecule has 0 saturated heterocycles. The highest BCUT2D eigenvalue weighted by molar-refractivity contribution is 7.86. The first-order valence-electron chi connectivity index (χ1n) is 8.21. The van der Waals surface area contributed by atoms with Crippen LogP contribution in [0.3, 0.4) is 0 Å². The van der Waals surface area contributed by atoms with E-state index in [1.165, 1.54) is 0 Å². The van der Waals surface area contributed by atoms with Crippen LogP contribution < -0.4 is 9.13 Å². The Bertz CT molecular complexity index is 1180. The molecular formula is C18H14F6N2O6S2. The largest absolute Gasteiger partial charge is 0.741 e. The van der Waals surface area contributed by atoms with Crippen molar-refractivity contribution in [1.29, 1.82) is 0 Å². The number of halogens is 6. The van der Waals surface area contributed by atoms with Gasteiger partial charge in [-0.1, -0.05) is 11.8 Å². The van der Waals surface area contributed by atoms with Crippen LogP contribution in [0.4, 0.5) is 26.3 Å². The summed E-state index contributed by atoms with van der Waals surface area (Å²) in [4.78, 5) is 0. The molecule has 2 aromatic heterocycles. The maximum Gasteiger partial charge on any atom is 0.485 e. The zero-order valence-electron chi connectivity index (χ0n) is 17.0. The van der Waals surface area contributed by atoms with Gasteiger partial charge in [0.05, 0.1) is 0 Å². The van der Waals surface area contributed by atoms with Crippen LogP contribution in [0.5, 0.6) is 0 Å². The quantitative estimate of drug-likeness (QED) is 0.163. The van der Waals surface area contributed by atoms with Crippen molar-refractivity contribution in [2.75, 3.05) is 0 Å². The summed E-state index contributed by atoms with van der Waals surface area (Å²) in [6, 6.07) is 7.88. The van der Waals surface area contributed by atoms with Gasteiger partial charge in [-0.05, 0) is 11.8 Å². The maximum atomic E-state index is 10.7. The lowest BCUT2D eigenvalue weighted by molar-refractivity contribution is -0.671. The first-order chi connectivity index (χ1) is 15.2. The fourth-order valence-electron chi connectivity index (χ4n) is 1.38. The minimum atomic E-state index is -6.09. The van der Waals surface area contributed by atoms with Crippen LogP contribution in [-0.4, -0.2) is 37.0 Å². The van der Waals surface area contributed by atoms with Gasteiger partial charge in [-0.25, -0.2) is 26.0 Å². The molecule has 0 aliphatic heterocycles. The summed E-state index contributed by atoms with van der Waals surface area (Å²) in [5, 5.41) is 0. The number of pyridine rings is 2. The molecule has 186 valence electrons. The van der Waals surface area contributed by atoms with Crippen molar-refractivity contribution in [3.8, 4) is 23.7 Å². The van der Waals surface area contributed by atoms with E-state index in [2.05, 4.69) is 23.7 Å². The Hall–Kier alpha value is -3.18. The molecule has 0 atom stereocenters. The first-order valence-corrected chi connectivity index (χ1v) is 11.0. The van der Waals surface area contributed by atoms with E-state index in [-0.39, 0.29) is 0 Å². The number of hydrogen-bond acceptors (Lipinski definition) is 6. The van der Waals surface area contributed by atoms with Crippen LogP contribution in [0.2, 0.25) is 0 Å². The highest BCUT2D eigenvalue weighted by Gasteiger charge is 2.37. The molecule has 2 heterocycles. The average Bonchev–Trinajstić information content (AvgIpc) is 2.66. The van der Waals surface area contributed by atoms with Gasteiger partial charge >= 0.3 is 11.0 Å². The van der Waals surface area contributed by atoms with E-state index >= 15 is 0 Å². The fourth-order valence-corrected chi connectivity index (χ4v) is 1.38. The molecular weight excluding hydrogens is 518 g/mol. The van der Waals surface area contributed by atoms with Crippen molar-refractivity contribution in [2.45, 2.75) is 11.0 Å². The molecule has 0 unspecified atom stereocenters. The second kappa shape index (κ2) is 12.3. The van der Waals surface area contributed by atoms with Gasteiger partial charge in [0.2, 0.25) is 0 Å². The second-order valence-corrected chi connectivity index (χ2v) is 8.55. The minimum absolute atomic E-state index is 0.974. The van der Waals surface area contributed by atoms with Crippen LogP contribution in [0, 0.1) is 23.7 Å². The Morgan fingerprint density at radius 2 is 0.853 bits per heavy atom. The van der Waals surface area contributed by atoms with E-state index in [1.54, 1.807) is 0 Å². The summed E-state index contributed by atoms with van der Waals surface area (Å²) in [6.45, 7) is 0. The Morgan fingerprint density at radius 1 is 0.647 bits per heavy atom. The van der Waals surface area contributed by atoms with Crippen molar-refractivity contribution >= 4 is 20.2 Å². The van der Waals surface area contributed by atoms with Gasteiger partial charge in [0.15, 0.2) is 45.0 Å². The van der Waals surface area contributed by atoms with Crippen LogP contribution in [-0.2, 0) is 34.3 Å². The van der Waals surface area contributed by atoms with E-state index in [9.17, 15) is 26.3 Å². The Labute approximate surface area is 191 Å². The van der Waals surface area contributed by atoms with Gasteiger partial charge in [-0.3, -0.25) is 0 Å². The molecule has 0 fully saturated rings. The zero-order valence-corrected chi connectivity index (χ0v) is 18.7. The molecule has 34 heavy (non-hydrogen) atoms. The van der Waals surface area contributed by atoms with Crippen molar-refractivity contribution in [1.82, 2.24) is 0 Å². The van der Waals surface area contributed by atoms with Crippen molar-refractivity contribution < 1.29 is 61.4 Å². The topological polar surface area (TPSA) is 122 Å². The Kier molecular flexibility index (Phi) is 11.2. The smallest absolute Gasteiger partial charge is 0.485 e. The molecule has 0 amide bonds. The van der Waals surface area contributed by atoms with Crippen LogP contribution in [0.25, 0.3) is 0 Å². The molecule has 0 aliphatic rings. The lowest BCUT2D eigenvalue weighted by Crippen LogP contribution is -2.25. The van der Waals surface area contributed by atoms with Gasteiger partial charge in [0.1, 0.15) is 14.1 Å². The number of rotatable bonds is 0. The molecule has 0 spiro atoms. The summed E-state index contributed by atoms with van der Waals surface area (Å²) >= 11 is 0. The van der Waals surface area contributed by atoms with E-state index < -0.39 is 31.3 Å². The molecule has 16 heteroatoms. The van der Waals surface area contributed by atoms with Crippen LogP contribution >= 0.6 is 0 Å². The third-order valence-corrected chi connectivity index (χ3v) is 4.13. The van der Waals surface area contributed by atoms with Gasteiger partial charge in [-0.15, -0.1) is 0 Å². The van der Waals surface area contributed by atoms with Gasteiger partial charge in [-0.2, -0.15) is 26.3 Å². The molecule has 0 bridgehead atoms. The van der Waals surface area contributed by atoms with E-state index in [1.807, 2.05) is 72.3 Å². The zero-order chi connectivity index (χ0) is 26.8. The third kappa shape index (κ3) is 12.8. The number of aryl methyl sites for hydroxylation is 2. The summed E-state index contributed by atoms with van der Waals surface area (Å²) in [5.74, 6) is 11.7. The number of hydrogen-bond donors (Lipinski definition) is 0. The van der Waals surface area contributed by atoms with Crippen molar-refractivity contribution in [3.05, 3.63) is 60.2 Å². The van der Waals surface area contributed by atoms with E-state index in [4.69, 9.17) is 25.9 Å². The highest BCUT2D eigenvalue weighted by Crippen LogP contribution is 2.21. The number of aromatic nitrogens is 2. The summed E-state index contributed by atoms with van der Waals surface area (Å²) in [6.07, 6.45) is 7.87. The summed E-state index contributed by atoms with van der Waals surface area (Å²) in [5.41, 5.74) is -9.34. The SMILES string of the molecule is C[n+]1ccc(C#CC#Cc2cc[n+](C)cc2)cc1.O=S(=O)([O-])C(F)(F)F.O=S(=O)([O-])C(F)(F)F. The number of nitrogens with zero attached hydrogens (tertiary/aromatic N) is 2. The predicted octanol–water partition coefficient (Wildman–Crippen LogP) is 0.842. The predicted molar refractivity (Wildman–Crippen MR) is 100 cm³/mol. The average molecular weight is 532 g/mol. The van der Waals surface area contributed by atoms with Gasteiger partial charge in [0.25, 0.3) is 0 Å². The normalized spacial score (nSPS) is 11.2. The van der Waals surface area contributed by atoms with E-state index in [0.717, 1.165) is 11.1 Å². The second-order valence-electron chi connectivity index (χ2n) is 5.80. The Balaban J connectivity index is 0.000000570. The molecule has 0 radical (unpaired) electrons. The number of alkyl halides is 6. The molecule has 2 aromatic rings. The lowest BCUT2D eigenvalue weighted by Gasteiger charge is -2.08. The van der Waals surface area contributed by atoms with Crippen LogP contribution in [0.1, 0.15) is 11.1 Å². The van der Waals surface area contributed by atoms with Gasteiger partial charge in [0, 0.05) is 35.4 Å². The first kappa shape index (κ1) is 30.8. The Morgan fingerprint density at radius 3 is 1.03 bits per heavy atom. The fraction of sp³-hybridized carbons (Fsp3) is 0.222. The van der Waals surface area contributed by atoms with Crippen LogP contribution in [0.15, 0.2) is 49.1 Å². The summed E-state index contributed by atoms with van der Waals surface area (Å²) < 4.78 is 122. The third-order valence-electron chi connectivity index (χ3n) is 3.00. The molecule has 0 aromatic carbocycles. The highest BCUT2D eigenvalue weighted by atomic mass is 32.2. The summed E-state index contributed by atoms with van der Waals surface area (Å²) in [7, 11) is -8.22. The lowest BCUT2D eigenvalue weighted by atomic mass is 10.2. The van der Waals surface area contributed by atoms with E-state index in [0.29, 0.717) is 0 Å². The molecule has 0 aliphatic carbocycles. The molecule has 0 saturated carbocycles. The monoisotopic (exact) mass is 532 g/mol. The van der Waals surface area contributed by atoms with Crippen molar-refractivity contribution in [3.63, 3.8) is 0 Å². The molecule has 0 N–H and O–H groups in total. The maximum absolute atomic E-state index is 10.7. The van der Waals surface area contributed by atoms with Crippen molar-refractivity contribution in [2.24, 2.45) is 14.1 Å².